The standard InChI is InChI=1S/C15H26N2O3S/c1-21-13-5-3-2-4-12(13)16-15(20)17-9-8-11(10-17)6-7-14(18)19/h11-13H,2-10H2,1H3,(H,16,20)(H,18,19). The molecule has 2 aliphatic rings. The van der Waals surface area contributed by atoms with E-state index in [2.05, 4.69) is 11.6 Å². The highest BCUT2D eigenvalue weighted by Gasteiger charge is 2.30. The molecule has 1 saturated carbocycles. The second-order valence-corrected chi connectivity index (χ2v) is 7.22. The highest BCUT2D eigenvalue weighted by Crippen LogP contribution is 2.28. The van der Waals surface area contributed by atoms with Crippen molar-refractivity contribution in [2.75, 3.05) is 19.3 Å². The van der Waals surface area contributed by atoms with Gasteiger partial charge in [-0.05, 0) is 37.9 Å². The Morgan fingerprint density at radius 2 is 2.05 bits per heavy atom. The van der Waals surface area contributed by atoms with Crippen LogP contribution in [0.4, 0.5) is 4.79 Å². The third kappa shape index (κ3) is 4.80. The summed E-state index contributed by atoms with van der Waals surface area (Å²) < 4.78 is 0. The zero-order chi connectivity index (χ0) is 15.2. The van der Waals surface area contributed by atoms with Crippen molar-refractivity contribution in [2.24, 2.45) is 5.92 Å². The van der Waals surface area contributed by atoms with E-state index in [9.17, 15) is 9.59 Å². The molecule has 6 heteroatoms. The summed E-state index contributed by atoms with van der Waals surface area (Å²) in [5.41, 5.74) is 0. The first kappa shape index (κ1) is 16.5. The summed E-state index contributed by atoms with van der Waals surface area (Å²) in [6.45, 7) is 1.46. The maximum Gasteiger partial charge on any atom is 0.317 e. The molecule has 5 nitrogen and oxygen atoms in total. The first-order valence-corrected chi connectivity index (χ1v) is 9.19. The van der Waals surface area contributed by atoms with Crippen molar-refractivity contribution >= 4 is 23.8 Å². The highest BCUT2D eigenvalue weighted by atomic mass is 32.2. The molecule has 3 unspecified atom stereocenters. The molecule has 1 saturated heterocycles. The Morgan fingerprint density at radius 3 is 2.76 bits per heavy atom. The second kappa shape index (κ2) is 7.92. The summed E-state index contributed by atoms with van der Waals surface area (Å²) >= 11 is 1.85. The molecule has 0 aromatic carbocycles. The average molecular weight is 314 g/mol. The van der Waals surface area contributed by atoms with Gasteiger partial charge in [-0.1, -0.05) is 12.8 Å². The van der Waals surface area contributed by atoms with E-state index in [1.807, 2.05) is 16.7 Å². The van der Waals surface area contributed by atoms with E-state index < -0.39 is 5.97 Å². The lowest BCUT2D eigenvalue weighted by molar-refractivity contribution is -0.137. The fourth-order valence-corrected chi connectivity index (χ4v) is 4.31. The van der Waals surface area contributed by atoms with E-state index >= 15 is 0 Å². The lowest BCUT2D eigenvalue weighted by atomic mass is 9.95. The maximum atomic E-state index is 12.3. The van der Waals surface area contributed by atoms with Crippen LogP contribution >= 0.6 is 11.8 Å². The number of rotatable bonds is 5. The number of carbonyl (C=O) groups excluding carboxylic acids is 1. The quantitative estimate of drug-likeness (QED) is 0.818. The summed E-state index contributed by atoms with van der Waals surface area (Å²) in [5.74, 6) is -0.405. The number of nitrogens with zero attached hydrogens (tertiary/aromatic N) is 1. The number of carboxylic acids is 1. The van der Waals surface area contributed by atoms with Crippen LogP contribution in [0.15, 0.2) is 0 Å². The molecule has 2 rings (SSSR count). The van der Waals surface area contributed by atoms with E-state index in [0.29, 0.717) is 30.2 Å². The van der Waals surface area contributed by atoms with Crippen LogP contribution in [0.2, 0.25) is 0 Å². The number of aliphatic carboxylic acids is 1. The number of likely N-dealkylation sites (tertiary alicyclic amines) is 1. The van der Waals surface area contributed by atoms with Crippen LogP contribution < -0.4 is 5.32 Å². The van der Waals surface area contributed by atoms with E-state index in [4.69, 9.17) is 5.11 Å². The predicted octanol–water partition coefficient (Wildman–Crippen LogP) is 2.56. The molecular weight excluding hydrogens is 288 g/mol. The van der Waals surface area contributed by atoms with Gasteiger partial charge in [0, 0.05) is 30.8 Å². The molecule has 0 aromatic heterocycles. The molecule has 120 valence electrons. The van der Waals surface area contributed by atoms with Gasteiger partial charge >= 0.3 is 12.0 Å². The number of amides is 2. The van der Waals surface area contributed by atoms with Crippen molar-refractivity contribution in [3.63, 3.8) is 0 Å². The minimum Gasteiger partial charge on any atom is -0.481 e. The largest absolute Gasteiger partial charge is 0.481 e. The Balaban J connectivity index is 1.77. The molecule has 2 N–H and O–H groups in total. The molecule has 0 bridgehead atoms. The third-order valence-corrected chi connectivity index (χ3v) is 5.82. The number of carboxylic acid groups (broad SMARTS) is 1. The van der Waals surface area contributed by atoms with E-state index in [1.54, 1.807) is 0 Å². The minimum absolute atomic E-state index is 0.0405. The average Bonchev–Trinajstić information content (AvgIpc) is 2.94. The SMILES string of the molecule is CSC1CCCCC1NC(=O)N1CCC(CCC(=O)O)C1. The summed E-state index contributed by atoms with van der Waals surface area (Å²) in [7, 11) is 0. The van der Waals surface area contributed by atoms with Gasteiger partial charge in [0.05, 0.1) is 0 Å². The molecule has 1 aliphatic carbocycles. The lowest BCUT2D eigenvalue weighted by Gasteiger charge is -2.32. The van der Waals surface area contributed by atoms with Gasteiger partial charge in [-0.3, -0.25) is 4.79 Å². The molecule has 1 aliphatic heterocycles. The summed E-state index contributed by atoms with van der Waals surface area (Å²) in [4.78, 5) is 24.8. The van der Waals surface area contributed by atoms with E-state index in [0.717, 1.165) is 19.4 Å². The minimum atomic E-state index is -0.747. The van der Waals surface area contributed by atoms with Crippen LogP contribution in [0, 0.1) is 5.92 Å². The van der Waals surface area contributed by atoms with Gasteiger partial charge in [-0.2, -0.15) is 11.8 Å². The molecule has 1 heterocycles. The van der Waals surface area contributed by atoms with Crippen LogP contribution in [0.1, 0.15) is 44.9 Å². The monoisotopic (exact) mass is 314 g/mol. The van der Waals surface area contributed by atoms with Crippen molar-refractivity contribution in [3.8, 4) is 0 Å². The third-order valence-electron chi connectivity index (χ3n) is 4.65. The van der Waals surface area contributed by atoms with Crippen molar-refractivity contribution < 1.29 is 14.7 Å². The second-order valence-electron chi connectivity index (χ2n) is 6.15. The van der Waals surface area contributed by atoms with Crippen LogP contribution in [-0.4, -0.2) is 52.6 Å². The van der Waals surface area contributed by atoms with Gasteiger partial charge in [0.2, 0.25) is 0 Å². The number of hydrogen-bond acceptors (Lipinski definition) is 3. The normalized spacial score (nSPS) is 29.4. The van der Waals surface area contributed by atoms with Gasteiger partial charge in [0.25, 0.3) is 0 Å². The fourth-order valence-electron chi connectivity index (χ4n) is 3.37. The highest BCUT2D eigenvalue weighted by molar-refractivity contribution is 7.99. The van der Waals surface area contributed by atoms with Gasteiger partial charge in [0.15, 0.2) is 0 Å². The maximum absolute atomic E-state index is 12.3. The Labute approximate surface area is 130 Å². The first-order valence-electron chi connectivity index (χ1n) is 7.90. The molecule has 2 fully saturated rings. The smallest absolute Gasteiger partial charge is 0.317 e. The number of urea groups is 1. The van der Waals surface area contributed by atoms with Gasteiger partial charge in [-0.25, -0.2) is 4.79 Å². The zero-order valence-corrected chi connectivity index (χ0v) is 13.5. The summed E-state index contributed by atoms with van der Waals surface area (Å²) in [5, 5.41) is 12.5. The van der Waals surface area contributed by atoms with E-state index in [-0.39, 0.29) is 12.5 Å². The number of nitrogens with one attached hydrogen (secondary N) is 1. The predicted molar refractivity (Wildman–Crippen MR) is 84.6 cm³/mol. The number of carbonyl (C=O) groups is 2. The Kier molecular flexibility index (Phi) is 6.21. The molecule has 2 amide bonds. The molecule has 3 atom stereocenters. The molecule has 0 spiro atoms. The Bertz CT molecular complexity index is 378. The van der Waals surface area contributed by atoms with Gasteiger partial charge in [-0.15, -0.1) is 0 Å². The van der Waals surface area contributed by atoms with Crippen LogP contribution in [-0.2, 0) is 4.79 Å². The first-order chi connectivity index (χ1) is 10.1. The van der Waals surface area contributed by atoms with Crippen molar-refractivity contribution in [1.82, 2.24) is 10.2 Å². The van der Waals surface area contributed by atoms with Gasteiger partial charge < -0.3 is 15.3 Å². The molecular formula is C15H26N2O3S. The molecule has 0 radical (unpaired) electrons. The molecule has 21 heavy (non-hydrogen) atoms. The van der Waals surface area contributed by atoms with Crippen molar-refractivity contribution in [2.45, 2.75) is 56.2 Å². The summed E-state index contributed by atoms with van der Waals surface area (Å²) in [6.07, 6.45) is 8.65. The topological polar surface area (TPSA) is 69.6 Å². The van der Waals surface area contributed by atoms with Crippen molar-refractivity contribution in [3.05, 3.63) is 0 Å². The van der Waals surface area contributed by atoms with Crippen LogP contribution in [0.3, 0.4) is 0 Å². The van der Waals surface area contributed by atoms with Crippen LogP contribution in [0.25, 0.3) is 0 Å². The summed E-state index contributed by atoms with van der Waals surface area (Å²) in [6, 6.07) is 0.332. The fraction of sp³-hybridized carbons (Fsp3) is 0.867. The van der Waals surface area contributed by atoms with Gasteiger partial charge in [0.1, 0.15) is 0 Å². The van der Waals surface area contributed by atoms with Crippen molar-refractivity contribution in [1.29, 1.82) is 0 Å². The molecule has 0 aromatic rings. The van der Waals surface area contributed by atoms with Crippen LogP contribution in [0.5, 0.6) is 0 Å². The number of hydrogen-bond donors (Lipinski definition) is 2. The lowest BCUT2D eigenvalue weighted by Crippen LogP contribution is -2.49. The Hall–Kier alpha value is -0.910. The van der Waals surface area contributed by atoms with E-state index in [1.165, 1.54) is 19.3 Å². The Morgan fingerprint density at radius 1 is 1.29 bits per heavy atom. The number of thioether (sulfide) groups is 1. The zero-order valence-electron chi connectivity index (χ0n) is 12.7.